The third-order valence-corrected chi connectivity index (χ3v) is 9.38. The molecule has 5 N–H and O–H groups in total. The van der Waals surface area contributed by atoms with E-state index in [-0.39, 0.29) is 38.4 Å². The number of fused-ring (bicyclic) bond motifs is 2. The van der Waals surface area contributed by atoms with E-state index in [1.165, 1.54) is 6.92 Å². The molecule has 6 fully saturated rings. The second-order valence-corrected chi connectivity index (χ2v) is 10.6. The van der Waals surface area contributed by atoms with E-state index in [1.807, 2.05) is 0 Å². The summed E-state index contributed by atoms with van der Waals surface area (Å²) in [7, 11) is 0. The van der Waals surface area contributed by atoms with Crippen LogP contribution >= 0.6 is 0 Å². The van der Waals surface area contributed by atoms with Crippen molar-refractivity contribution in [2.75, 3.05) is 13.2 Å². The SMILES string of the molecule is C=C1C(=O)[C@]23C[C@H]1C[C@@H](O)[C@H]2[C@@]12CO[C@]3(O)[C@@H](O)[C@@H]1[C@](C)(COC(C)=O)[C@H](O)C[C@H]2O. The van der Waals surface area contributed by atoms with Gasteiger partial charge in [-0.25, -0.2) is 0 Å². The zero-order chi connectivity index (χ0) is 22.7. The van der Waals surface area contributed by atoms with Gasteiger partial charge in [-0.2, -0.15) is 0 Å². The van der Waals surface area contributed by atoms with E-state index in [4.69, 9.17) is 9.47 Å². The molecule has 11 atom stereocenters. The molecule has 9 heteroatoms. The smallest absolute Gasteiger partial charge is 0.302 e. The van der Waals surface area contributed by atoms with E-state index in [0.29, 0.717) is 5.57 Å². The highest BCUT2D eigenvalue weighted by atomic mass is 16.6. The first-order valence-electron chi connectivity index (χ1n) is 10.8. The van der Waals surface area contributed by atoms with E-state index in [9.17, 15) is 35.1 Å². The molecule has 0 aromatic carbocycles. The van der Waals surface area contributed by atoms with E-state index in [1.54, 1.807) is 6.92 Å². The van der Waals surface area contributed by atoms with E-state index in [0.717, 1.165) is 0 Å². The number of carbonyl (C=O) groups excluding carboxylic acids is 2. The Labute approximate surface area is 179 Å². The topological polar surface area (TPSA) is 154 Å². The average molecular weight is 438 g/mol. The number of aliphatic hydroxyl groups is 5. The summed E-state index contributed by atoms with van der Waals surface area (Å²) in [5.74, 6) is -5.59. The Hall–Kier alpha value is -1.36. The maximum Gasteiger partial charge on any atom is 0.302 e. The molecule has 2 aliphatic heterocycles. The second kappa shape index (κ2) is 6.15. The van der Waals surface area contributed by atoms with Crippen LogP contribution < -0.4 is 0 Å². The number of allylic oxidation sites excluding steroid dienone is 1. The van der Waals surface area contributed by atoms with E-state index in [2.05, 4.69) is 6.58 Å². The van der Waals surface area contributed by atoms with Crippen molar-refractivity contribution in [1.29, 1.82) is 0 Å². The molecule has 2 spiro atoms. The number of Topliss-reactive ketones (excluding diaryl/α,β-unsaturated/α-hetero) is 1. The van der Waals surface area contributed by atoms with Gasteiger partial charge in [0.2, 0.25) is 5.79 Å². The lowest BCUT2D eigenvalue weighted by Crippen LogP contribution is -2.86. The molecular formula is C22H30O9. The number of ether oxygens (including phenoxy) is 2. The maximum atomic E-state index is 13.5. The fourth-order valence-electron chi connectivity index (χ4n) is 8.12. The number of ketones is 1. The molecule has 0 radical (unpaired) electrons. The van der Waals surface area contributed by atoms with Gasteiger partial charge in [0.25, 0.3) is 0 Å². The van der Waals surface area contributed by atoms with Crippen molar-refractivity contribution in [1.82, 2.24) is 0 Å². The van der Waals surface area contributed by atoms with Crippen LogP contribution in [0.1, 0.15) is 33.1 Å². The minimum Gasteiger partial charge on any atom is -0.465 e. The fourth-order valence-corrected chi connectivity index (χ4v) is 8.12. The Morgan fingerprint density at radius 3 is 2.52 bits per heavy atom. The van der Waals surface area contributed by atoms with Crippen molar-refractivity contribution in [2.24, 2.45) is 34.0 Å². The van der Waals surface area contributed by atoms with Crippen molar-refractivity contribution in [2.45, 2.75) is 63.3 Å². The lowest BCUT2D eigenvalue weighted by atomic mass is 9.35. The first-order valence-corrected chi connectivity index (χ1v) is 10.8. The highest BCUT2D eigenvalue weighted by Crippen LogP contribution is 2.76. The third kappa shape index (κ3) is 2.13. The number of hydrogen-bond acceptors (Lipinski definition) is 9. The monoisotopic (exact) mass is 438 g/mol. The van der Waals surface area contributed by atoms with Crippen LogP contribution in [0.15, 0.2) is 12.2 Å². The fraction of sp³-hybridized carbons (Fsp3) is 0.818. The normalized spacial score (nSPS) is 57.5. The molecule has 4 bridgehead atoms. The van der Waals surface area contributed by atoms with Gasteiger partial charge in [0.1, 0.15) is 6.10 Å². The largest absolute Gasteiger partial charge is 0.465 e. The van der Waals surface area contributed by atoms with Crippen LogP contribution in [0, 0.1) is 34.0 Å². The molecule has 0 aromatic rings. The standard InChI is InChI=1S/C22H30O9/c1-9-11-4-12(24)15-20-8-31-22(29,21(15,6-11)17(9)27)18(28)16(20)19(3,7-30-10(2)23)13(25)5-14(20)26/h11-16,18,24-26,28-29H,1,4-8H2,2-3H3/t11-,12-,13-,14-,15+,16-,18+,19-,20+,21+,22-/m1/s1. The first kappa shape index (κ1) is 21.5. The number of carbonyl (C=O) groups is 2. The van der Waals surface area contributed by atoms with Gasteiger partial charge >= 0.3 is 5.97 Å². The molecular weight excluding hydrogens is 408 g/mol. The molecule has 0 unspecified atom stereocenters. The van der Waals surface area contributed by atoms with Gasteiger partial charge in [0, 0.05) is 36.0 Å². The van der Waals surface area contributed by atoms with Crippen LogP contribution in [0.25, 0.3) is 0 Å². The molecule has 2 saturated heterocycles. The first-order chi connectivity index (χ1) is 14.4. The molecule has 172 valence electrons. The van der Waals surface area contributed by atoms with Crippen molar-refractivity contribution < 1.29 is 44.6 Å². The van der Waals surface area contributed by atoms with Gasteiger partial charge in [-0.1, -0.05) is 13.5 Å². The Bertz CT molecular complexity index is 873. The third-order valence-electron chi connectivity index (χ3n) is 9.38. The number of esters is 1. The lowest BCUT2D eigenvalue weighted by Gasteiger charge is -2.75. The highest BCUT2D eigenvalue weighted by Gasteiger charge is 2.86. The van der Waals surface area contributed by atoms with Crippen molar-refractivity contribution in [3.8, 4) is 0 Å². The minimum absolute atomic E-state index is 0.110. The Kier molecular flexibility index (Phi) is 4.26. The number of hydrogen-bond donors (Lipinski definition) is 5. The summed E-state index contributed by atoms with van der Waals surface area (Å²) in [5.41, 5.74) is -3.92. The molecule has 31 heavy (non-hydrogen) atoms. The van der Waals surface area contributed by atoms with Crippen molar-refractivity contribution in [3.05, 3.63) is 12.2 Å². The van der Waals surface area contributed by atoms with Gasteiger partial charge in [-0.15, -0.1) is 0 Å². The summed E-state index contributed by atoms with van der Waals surface area (Å²) in [6.07, 6.45) is -4.77. The summed E-state index contributed by atoms with van der Waals surface area (Å²) >= 11 is 0. The van der Waals surface area contributed by atoms with Crippen molar-refractivity contribution >= 4 is 11.8 Å². The van der Waals surface area contributed by atoms with Crippen LogP contribution in [0.4, 0.5) is 0 Å². The number of rotatable bonds is 2. The Morgan fingerprint density at radius 1 is 1.19 bits per heavy atom. The molecule has 0 amide bonds. The molecule has 6 aliphatic rings. The second-order valence-electron chi connectivity index (χ2n) is 10.6. The zero-order valence-corrected chi connectivity index (χ0v) is 17.7. The van der Waals surface area contributed by atoms with Crippen molar-refractivity contribution in [3.63, 3.8) is 0 Å². The number of aliphatic hydroxyl groups excluding tert-OH is 4. The molecule has 2 heterocycles. The lowest BCUT2D eigenvalue weighted by molar-refractivity contribution is -0.461. The predicted molar refractivity (Wildman–Crippen MR) is 103 cm³/mol. The minimum atomic E-state index is -2.32. The van der Waals surface area contributed by atoms with Gasteiger partial charge in [0.05, 0.1) is 36.9 Å². The summed E-state index contributed by atoms with van der Waals surface area (Å²) in [6.45, 7) is 6.28. The quantitative estimate of drug-likeness (QED) is 0.267. The summed E-state index contributed by atoms with van der Waals surface area (Å²) < 4.78 is 11.0. The summed E-state index contributed by atoms with van der Waals surface area (Å²) in [4.78, 5) is 25.0. The summed E-state index contributed by atoms with van der Waals surface area (Å²) in [5, 5.41) is 56.8. The van der Waals surface area contributed by atoms with E-state index >= 15 is 0 Å². The predicted octanol–water partition coefficient (Wildman–Crippen LogP) is -1.11. The van der Waals surface area contributed by atoms with Crippen LogP contribution in [-0.4, -0.2) is 80.7 Å². The van der Waals surface area contributed by atoms with Gasteiger partial charge < -0.3 is 35.0 Å². The van der Waals surface area contributed by atoms with Crippen LogP contribution in [0.5, 0.6) is 0 Å². The molecule has 4 saturated carbocycles. The zero-order valence-electron chi connectivity index (χ0n) is 17.7. The van der Waals surface area contributed by atoms with Crippen LogP contribution in [-0.2, 0) is 19.1 Å². The highest BCUT2D eigenvalue weighted by molar-refractivity contribution is 6.04. The maximum absolute atomic E-state index is 13.5. The van der Waals surface area contributed by atoms with Crippen LogP contribution in [0.2, 0.25) is 0 Å². The average Bonchev–Trinajstić information content (AvgIpc) is 2.89. The molecule has 6 rings (SSSR count). The molecule has 0 aromatic heterocycles. The van der Waals surface area contributed by atoms with Gasteiger partial charge in [0.15, 0.2) is 5.78 Å². The summed E-state index contributed by atoms with van der Waals surface area (Å²) in [6, 6.07) is 0. The van der Waals surface area contributed by atoms with Crippen LogP contribution in [0.3, 0.4) is 0 Å². The van der Waals surface area contributed by atoms with Gasteiger partial charge in [-0.3, -0.25) is 9.59 Å². The molecule has 4 aliphatic carbocycles. The Balaban J connectivity index is 1.74. The van der Waals surface area contributed by atoms with Gasteiger partial charge in [-0.05, 0) is 24.3 Å². The molecule has 9 nitrogen and oxygen atoms in total. The Morgan fingerprint density at radius 2 is 1.87 bits per heavy atom. The van der Waals surface area contributed by atoms with E-state index < -0.39 is 70.0 Å².